The number of rotatable bonds is 2. The Labute approximate surface area is 199 Å². The van der Waals surface area contributed by atoms with Gasteiger partial charge in [0.1, 0.15) is 0 Å². The maximum absolute atomic E-state index is 7.43. The molecular weight excluding hydrogens is 404 g/mol. The molecule has 7 rings (SSSR count). The van der Waals surface area contributed by atoms with Crippen LogP contribution in [0.15, 0.2) is 64.4 Å². The largest absolute Gasteiger partial charge is 0.359 e. The Bertz CT molecular complexity index is 1060. The summed E-state index contributed by atoms with van der Waals surface area (Å²) in [4.78, 5) is 6.87. The van der Waals surface area contributed by atoms with Gasteiger partial charge in [0.05, 0.1) is 11.2 Å². The number of nitrogens with zero attached hydrogens (tertiary/aromatic N) is 2. The number of hydrogen-bond donors (Lipinski definition) is 0. The Morgan fingerprint density at radius 3 is 2.88 bits per heavy atom. The summed E-state index contributed by atoms with van der Waals surface area (Å²) >= 11 is 0. The van der Waals surface area contributed by atoms with Crippen LogP contribution < -0.4 is 0 Å². The summed E-state index contributed by atoms with van der Waals surface area (Å²) in [6.45, 7) is 2.59. The lowest BCUT2D eigenvalue weighted by atomic mass is 9.57. The van der Waals surface area contributed by atoms with E-state index in [1.54, 1.807) is 11.1 Å². The SMILES string of the molecule is CN(C)C1CCC2=CC3=CCC4(C)C(C5=CC6C=NC=CC6C=C5)CC[C@H]4[C@@]34CC[C@]2(C1)O4. The molecule has 3 heteroatoms. The van der Waals surface area contributed by atoms with Crippen LogP contribution in [0.25, 0.3) is 0 Å². The van der Waals surface area contributed by atoms with E-state index < -0.39 is 0 Å². The first-order valence-electron chi connectivity index (χ1n) is 13.3. The van der Waals surface area contributed by atoms with E-state index >= 15 is 0 Å². The van der Waals surface area contributed by atoms with E-state index in [2.05, 4.69) is 73.6 Å². The fraction of sp³-hybridized carbons (Fsp3) is 0.633. The van der Waals surface area contributed by atoms with Gasteiger partial charge in [0.25, 0.3) is 0 Å². The van der Waals surface area contributed by atoms with Crippen molar-refractivity contribution in [3.63, 3.8) is 0 Å². The highest BCUT2D eigenvalue weighted by Gasteiger charge is 2.66. The molecule has 0 radical (unpaired) electrons. The zero-order valence-electron chi connectivity index (χ0n) is 20.5. The summed E-state index contributed by atoms with van der Waals surface area (Å²) in [7, 11) is 4.49. The van der Waals surface area contributed by atoms with Gasteiger partial charge in [-0.3, -0.25) is 4.99 Å². The van der Waals surface area contributed by atoms with Crippen LogP contribution in [0.5, 0.6) is 0 Å². The molecule has 33 heavy (non-hydrogen) atoms. The Kier molecular flexibility index (Phi) is 4.33. The van der Waals surface area contributed by atoms with Crippen LogP contribution in [0, 0.1) is 29.1 Å². The van der Waals surface area contributed by atoms with Crippen molar-refractivity contribution in [2.45, 2.75) is 75.5 Å². The van der Waals surface area contributed by atoms with Gasteiger partial charge in [-0.05, 0) is 99.4 Å². The first-order valence-corrected chi connectivity index (χ1v) is 13.3. The number of ether oxygens (including phenoxy) is 1. The van der Waals surface area contributed by atoms with Gasteiger partial charge < -0.3 is 9.64 Å². The van der Waals surface area contributed by atoms with Crippen LogP contribution in [-0.4, -0.2) is 42.5 Å². The average molecular weight is 443 g/mol. The minimum Gasteiger partial charge on any atom is -0.359 e. The van der Waals surface area contributed by atoms with Crippen molar-refractivity contribution < 1.29 is 4.74 Å². The van der Waals surface area contributed by atoms with Gasteiger partial charge in [-0.2, -0.15) is 0 Å². The molecule has 4 aliphatic carbocycles. The van der Waals surface area contributed by atoms with Gasteiger partial charge in [0.15, 0.2) is 0 Å². The molecule has 2 saturated carbocycles. The van der Waals surface area contributed by atoms with E-state index in [9.17, 15) is 0 Å². The third kappa shape index (κ3) is 2.73. The zero-order valence-corrected chi connectivity index (χ0v) is 20.5. The van der Waals surface area contributed by atoms with Crippen LogP contribution in [0.3, 0.4) is 0 Å². The second-order valence-electron chi connectivity index (χ2n) is 12.4. The van der Waals surface area contributed by atoms with Crippen LogP contribution in [0.4, 0.5) is 0 Å². The minimum atomic E-state index is -0.0457. The molecule has 3 heterocycles. The second-order valence-corrected chi connectivity index (χ2v) is 12.4. The molecule has 0 N–H and O–H groups in total. The monoisotopic (exact) mass is 442 g/mol. The molecule has 7 aliphatic rings. The molecule has 0 aromatic rings. The van der Waals surface area contributed by atoms with Crippen molar-refractivity contribution in [2.75, 3.05) is 14.1 Å². The van der Waals surface area contributed by atoms with Gasteiger partial charge in [0, 0.05) is 30.3 Å². The Morgan fingerprint density at radius 1 is 1.09 bits per heavy atom. The smallest absolute Gasteiger partial charge is 0.0974 e. The van der Waals surface area contributed by atoms with Gasteiger partial charge in [-0.1, -0.05) is 43.4 Å². The van der Waals surface area contributed by atoms with E-state index in [1.807, 2.05) is 6.20 Å². The molecule has 0 aromatic heterocycles. The molecule has 8 atom stereocenters. The molecule has 3 aliphatic heterocycles. The Morgan fingerprint density at radius 2 is 2.00 bits per heavy atom. The predicted octanol–water partition coefficient (Wildman–Crippen LogP) is 6.02. The van der Waals surface area contributed by atoms with Crippen LogP contribution in [0.1, 0.15) is 58.3 Å². The van der Waals surface area contributed by atoms with Crippen LogP contribution in [-0.2, 0) is 4.74 Å². The van der Waals surface area contributed by atoms with Crippen molar-refractivity contribution in [3.8, 4) is 0 Å². The van der Waals surface area contributed by atoms with Gasteiger partial charge in [0.2, 0.25) is 0 Å². The quantitative estimate of drug-likeness (QED) is 0.522. The summed E-state index contributed by atoms with van der Waals surface area (Å²) in [5.74, 6) is 2.17. The molecule has 2 bridgehead atoms. The number of allylic oxidation sites excluding steroid dienone is 6. The van der Waals surface area contributed by atoms with Crippen LogP contribution >= 0.6 is 0 Å². The van der Waals surface area contributed by atoms with E-state index in [-0.39, 0.29) is 16.6 Å². The molecular formula is C30H38N2O. The lowest BCUT2D eigenvalue weighted by Crippen LogP contribution is -2.55. The van der Waals surface area contributed by atoms with E-state index in [4.69, 9.17) is 4.74 Å². The fourth-order valence-corrected chi connectivity index (χ4v) is 8.98. The molecule has 3 nitrogen and oxygen atoms in total. The minimum absolute atomic E-state index is 0.00297. The van der Waals surface area contributed by atoms with Gasteiger partial charge >= 0.3 is 0 Å². The first-order chi connectivity index (χ1) is 15.9. The molecule has 5 unspecified atom stereocenters. The summed E-state index contributed by atoms with van der Waals surface area (Å²) in [5, 5.41) is 0. The predicted molar refractivity (Wildman–Crippen MR) is 134 cm³/mol. The molecule has 2 spiro atoms. The Hall–Kier alpha value is -1.71. The van der Waals surface area contributed by atoms with Gasteiger partial charge in [-0.15, -0.1) is 0 Å². The normalized spacial score (nSPS) is 49.1. The summed E-state index contributed by atoms with van der Waals surface area (Å²) < 4.78 is 7.43. The second kappa shape index (κ2) is 6.92. The number of hydrogen-bond acceptors (Lipinski definition) is 3. The fourth-order valence-electron chi connectivity index (χ4n) is 8.98. The average Bonchev–Trinajstić information content (AvgIpc) is 3.33. The van der Waals surface area contributed by atoms with Gasteiger partial charge in [-0.25, -0.2) is 0 Å². The number of fused-ring (bicyclic) bond motifs is 2. The van der Waals surface area contributed by atoms with Crippen molar-refractivity contribution in [1.29, 1.82) is 0 Å². The van der Waals surface area contributed by atoms with E-state index in [0.29, 0.717) is 29.7 Å². The molecule has 0 aromatic carbocycles. The Balaban J connectivity index is 1.24. The van der Waals surface area contributed by atoms with E-state index in [0.717, 1.165) is 0 Å². The maximum Gasteiger partial charge on any atom is 0.0974 e. The molecule has 3 fully saturated rings. The first kappa shape index (κ1) is 20.6. The molecule has 1 saturated heterocycles. The van der Waals surface area contributed by atoms with Crippen molar-refractivity contribution in [2.24, 2.45) is 34.1 Å². The molecule has 174 valence electrons. The highest BCUT2D eigenvalue weighted by molar-refractivity contribution is 5.68. The third-order valence-corrected chi connectivity index (χ3v) is 10.8. The zero-order chi connectivity index (χ0) is 22.4. The van der Waals surface area contributed by atoms with E-state index in [1.165, 1.54) is 56.9 Å². The summed E-state index contributed by atoms with van der Waals surface area (Å²) in [5.41, 5.74) is 4.93. The lowest BCUT2D eigenvalue weighted by molar-refractivity contribution is -0.140. The maximum atomic E-state index is 7.43. The topological polar surface area (TPSA) is 24.8 Å². The van der Waals surface area contributed by atoms with Crippen LogP contribution in [0.2, 0.25) is 0 Å². The molecule has 0 amide bonds. The summed E-state index contributed by atoms with van der Waals surface area (Å²) in [6.07, 6.45) is 28.8. The summed E-state index contributed by atoms with van der Waals surface area (Å²) in [6, 6.07) is 0.644. The lowest BCUT2D eigenvalue weighted by Gasteiger charge is -2.55. The number of aliphatic imine (C=N–C) groups is 1. The van der Waals surface area contributed by atoms with Crippen molar-refractivity contribution >= 4 is 6.21 Å². The highest BCUT2D eigenvalue weighted by Crippen LogP contribution is 2.68. The third-order valence-electron chi connectivity index (χ3n) is 10.8. The van der Waals surface area contributed by atoms with Crippen molar-refractivity contribution in [3.05, 3.63) is 59.4 Å². The highest BCUT2D eigenvalue weighted by atomic mass is 16.5. The van der Waals surface area contributed by atoms with Crippen molar-refractivity contribution in [1.82, 2.24) is 4.90 Å². The standard InChI is InChI=1S/C30H38N2O/c1-28-12-10-24-17-23-6-7-25(32(2)3)18-29(23)13-14-30(24,33-29)27(28)9-8-26(28)21-5-4-20-11-15-31-19-22(20)16-21/h4-5,10-11,15-17,19-20,22,25-27H,6-9,12-14,18H2,1-3H3/t20?,22?,25?,26?,27-,28?,29-,30-/m1/s1.